The molecule has 0 aromatic heterocycles. The number of nitro groups is 1. The van der Waals surface area contributed by atoms with Gasteiger partial charge in [-0.2, -0.15) is 0 Å². The predicted molar refractivity (Wildman–Crippen MR) is 77.0 cm³/mol. The van der Waals surface area contributed by atoms with Crippen LogP contribution >= 0.6 is 0 Å². The number of non-ortho nitro benzene ring substituents is 1. The average Bonchev–Trinajstić information content (AvgIpc) is 2.47. The fourth-order valence-corrected chi connectivity index (χ4v) is 2.65. The lowest BCUT2D eigenvalue weighted by Crippen LogP contribution is -2.37. The summed E-state index contributed by atoms with van der Waals surface area (Å²) in [6, 6.07) is 2.75. The molecule has 1 saturated heterocycles. The number of ether oxygens (including phenoxy) is 1. The van der Waals surface area contributed by atoms with Gasteiger partial charge in [-0.15, -0.1) is 0 Å². The number of carboxylic acids is 1. The smallest absolute Gasteiger partial charge is 0.336 e. The summed E-state index contributed by atoms with van der Waals surface area (Å²) in [7, 11) is 1.84. The fourth-order valence-electron chi connectivity index (χ4n) is 2.65. The van der Waals surface area contributed by atoms with Crippen molar-refractivity contribution in [3.8, 4) is 0 Å². The number of aromatic carboxylic acids is 1. The highest BCUT2D eigenvalue weighted by Crippen LogP contribution is 2.31. The van der Waals surface area contributed by atoms with Crippen molar-refractivity contribution < 1.29 is 19.6 Å². The molecule has 1 fully saturated rings. The van der Waals surface area contributed by atoms with Crippen LogP contribution in [-0.4, -0.2) is 42.3 Å². The summed E-state index contributed by atoms with van der Waals surface area (Å²) in [5.41, 5.74) is 0.903. The van der Waals surface area contributed by atoms with Crippen LogP contribution in [0.25, 0.3) is 0 Å². The zero-order valence-corrected chi connectivity index (χ0v) is 12.0. The molecule has 21 heavy (non-hydrogen) atoms. The van der Waals surface area contributed by atoms with Gasteiger partial charge in [-0.25, -0.2) is 4.79 Å². The van der Waals surface area contributed by atoms with Crippen LogP contribution in [0.1, 0.15) is 28.8 Å². The minimum Gasteiger partial charge on any atom is -0.478 e. The maximum atomic E-state index is 11.3. The average molecular weight is 294 g/mol. The molecular weight excluding hydrogens is 276 g/mol. The van der Waals surface area contributed by atoms with Crippen LogP contribution in [0.5, 0.6) is 0 Å². The van der Waals surface area contributed by atoms with Crippen molar-refractivity contribution in [1.82, 2.24) is 0 Å². The van der Waals surface area contributed by atoms with E-state index in [1.54, 1.807) is 6.92 Å². The number of nitrogens with zero attached hydrogens (tertiary/aromatic N) is 2. The van der Waals surface area contributed by atoms with Gasteiger partial charge in [0, 0.05) is 44.1 Å². The number of carboxylic acid groups (broad SMARTS) is 1. The topological polar surface area (TPSA) is 92.9 Å². The van der Waals surface area contributed by atoms with Gasteiger partial charge in [-0.05, 0) is 25.3 Å². The third kappa shape index (κ3) is 3.13. The summed E-state index contributed by atoms with van der Waals surface area (Å²) in [5.74, 6) is -1.15. The normalized spacial score (nSPS) is 15.7. The number of hydrogen-bond acceptors (Lipinski definition) is 5. The molecule has 1 aliphatic rings. The molecule has 1 N–H and O–H groups in total. The molecular formula is C14H18N2O5. The zero-order valence-electron chi connectivity index (χ0n) is 12.0. The summed E-state index contributed by atoms with van der Waals surface area (Å²) < 4.78 is 5.31. The fraction of sp³-hybridized carbons (Fsp3) is 0.500. The van der Waals surface area contributed by atoms with Gasteiger partial charge in [-0.3, -0.25) is 10.1 Å². The standard InChI is InChI=1S/C14H18N2O5/c1-9-12(14(17)18)7-11(16(19)20)8-13(9)15(2)10-3-5-21-6-4-10/h7-8,10H,3-6H2,1-2H3,(H,17,18). The van der Waals surface area contributed by atoms with Crippen LogP contribution < -0.4 is 4.90 Å². The lowest BCUT2D eigenvalue weighted by molar-refractivity contribution is -0.384. The maximum absolute atomic E-state index is 11.3. The Kier molecular flexibility index (Phi) is 4.42. The van der Waals surface area contributed by atoms with Crippen molar-refractivity contribution in [3.63, 3.8) is 0 Å². The highest BCUT2D eigenvalue weighted by atomic mass is 16.6. The second-order valence-corrected chi connectivity index (χ2v) is 5.15. The van der Waals surface area contributed by atoms with Crippen LogP contribution in [0, 0.1) is 17.0 Å². The summed E-state index contributed by atoms with van der Waals surface area (Å²) in [6.45, 7) is 2.97. The number of rotatable bonds is 4. The minimum absolute atomic E-state index is 0.0295. The Morgan fingerprint density at radius 3 is 2.57 bits per heavy atom. The highest BCUT2D eigenvalue weighted by Gasteiger charge is 2.24. The van der Waals surface area contributed by atoms with E-state index in [9.17, 15) is 20.0 Å². The molecule has 1 aliphatic heterocycles. The van der Waals surface area contributed by atoms with Crippen LogP contribution in [0.15, 0.2) is 12.1 Å². The second kappa shape index (κ2) is 6.09. The Hall–Kier alpha value is -2.15. The van der Waals surface area contributed by atoms with Crippen molar-refractivity contribution in [2.45, 2.75) is 25.8 Å². The van der Waals surface area contributed by atoms with E-state index in [1.807, 2.05) is 11.9 Å². The number of anilines is 1. The summed E-state index contributed by atoms with van der Waals surface area (Å²) in [4.78, 5) is 23.7. The third-order valence-electron chi connectivity index (χ3n) is 3.92. The molecule has 0 aliphatic carbocycles. The first-order chi connectivity index (χ1) is 9.91. The van der Waals surface area contributed by atoms with E-state index in [0.29, 0.717) is 24.5 Å². The Labute approximate surface area is 122 Å². The first-order valence-electron chi connectivity index (χ1n) is 6.74. The molecule has 0 saturated carbocycles. The van der Waals surface area contributed by atoms with Gasteiger partial charge in [0.25, 0.3) is 5.69 Å². The molecule has 7 heteroatoms. The lowest BCUT2D eigenvalue weighted by Gasteiger charge is -2.34. The summed E-state index contributed by atoms with van der Waals surface area (Å²) in [5, 5.41) is 20.2. The SMILES string of the molecule is Cc1c(C(=O)O)cc([N+](=O)[O-])cc1N(C)C1CCOCC1. The van der Waals surface area contributed by atoms with Crippen LogP contribution in [0.4, 0.5) is 11.4 Å². The van der Waals surface area contributed by atoms with E-state index >= 15 is 0 Å². The van der Waals surface area contributed by atoms with Crippen LogP contribution in [-0.2, 0) is 4.74 Å². The molecule has 1 heterocycles. The lowest BCUT2D eigenvalue weighted by atomic mass is 10.0. The van der Waals surface area contributed by atoms with Crippen molar-refractivity contribution in [1.29, 1.82) is 0 Å². The van der Waals surface area contributed by atoms with Crippen molar-refractivity contribution in [2.75, 3.05) is 25.2 Å². The van der Waals surface area contributed by atoms with E-state index in [-0.39, 0.29) is 17.3 Å². The van der Waals surface area contributed by atoms with Gasteiger partial charge in [0.05, 0.1) is 10.5 Å². The summed E-state index contributed by atoms with van der Waals surface area (Å²) >= 11 is 0. The van der Waals surface area contributed by atoms with Gasteiger partial charge < -0.3 is 14.7 Å². The van der Waals surface area contributed by atoms with Gasteiger partial charge in [0.15, 0.2) is 0 Å². The van der Waals surface area contributed by atoms with Crippen molar-refractivity contribution in [3.05, 3.63) is 33.4 Å². The van der Waals surface area contributed by atoms with E-state index < -0.39 is 10.9 Å². The van der Waals surface area contributed by atoms with E-state index in [4.69, 9.17) is 4.74 Å². The van der Waals surface area contributed by atoms with E-state index in [0.717, 1.165) is 18.9 Å². The monoisotopic (exact) mass is 294 g/mol. The maximum Gasteiger partial charge on any atom is 0.336 e. The molecule has 0 radical (unpaired) electrons. The molecule has 0 bridgehead atoms. The Morgan fingerprint density at radius 2 is 2.05 bits per heavy atom. The van der Waals surface area contributed by atoms with Crippen molar-refractivity contribution >= 4 is 17.3 Å². The molecule has 7 nitrogen and oxygen atoms in total. The van der Waals surface area contributed by atoms with E-state index in [1.165, 1.54) is 6.07 Å². The molecule has 0 amide bonds. The molecule has 0 unspecified atom stereocenters. The second-order valence-electron chi connectivity index (χ2n) is 5.15. The zero-order chi connectivity index (χ0) is 15.6. The molecule has 2 rings (SSSR count). The molecule has 1 aromatic carbocycles. The largest absolute Gasteiger partial charge is 0.478 e. The molecule has 0 atom stereocenters. The van der Waals surface area contributed by atoms with Gasteiger partial charge in [0.2, 0.25) is 0 Å². The van der Waals surface area contributed by atoms with Crippen molar-refractivity contribution in [2.24, 2.45) is 0 Å². The number of benzene rings is 1. The van der Waals surface area contributed by atoms with Crippen LogP contribution in [0.2, 0.25) is 0 Å². The number of hydrogen-bond donors (Lipinski definition) is 1. The molecule has 0 spiro atoms. The summed E-state index contributed by atoms with van der Waals surface area (Å²) in [6.07, 6.45) is 1.64. The predicted octanol–water partition coefficient (Wildman–Crippen LogP) is 2.22. The first kappa shape index (κ1) is 15.2. The van der Waals surface area contributed by atoms with Crippen LogP contribution in [0.3, 0.4) is 0 Å². The Morgan fingerprint density at radius 1 is 1.43 bits per heavy atom. The Bertz CT molecular complexity index is 567. The van der Waals surface area contributed by atoms with Gasteiger partial charge in [-0.1, -0.05) is 0 Å². The minimum atomic E-state index is -1.15. The van der Waals surface area contributed by atoms with Gasteiger partial charge >= 0.3 is 5.97 Å². The highest BCUT2D eigenvalue weighted by molar-refractivity contribution is 5.92. The van der Waals surface area contributed by atoms with Gasteiger partial charge in [0.1, 0.15) is 0 Å². The number of carbonyl (C=O) groups is 1. The quantitative estimate of drug-likeness (QED) is 0.676. The first-order valence-corrected chi connectivity index (χ1v) is 6.74. The van der Waals surface area contributed by atoms with E-state index in [2.05, 4.69) is 0 Å². The third-order valence-corrected chi connectivity index (χ3v) is 3.92. The molecule has 114 valence electrons. The Balaban J connectivity index is 2.45. The number of nitro benzene ring substituents is 1. The molecule has 1 aromatic rings.